The van der Waals surface area contributed by atoms with E-state index in [1.807, 2.05) is 0 Å². The van der Waals surface area contributed by atoms with E-state index < -0.39 is 11.7 Å². The molecule has 0 spiro atoms. The predicted octanol–water partition coefficient (Wildman–Crippen LogP) is 2.71. The fourth-order valence-electron chi connectivity index (χ4n) is 1.00. The first-order valence-electron chi connectivity index (χ1n) is 3.88. The van der Waals surface area contributed by atoms with Crippen molar-refractivity contribution >= 4 is 11.5 Å². The van der Waals surface area contributed by atoms with Crippen LogP contribution >= 0.6 is 0 Å². The second kappa shape index (κ2) is 3.69. The molecule has 0 aromatic heterocycles. The van der Waals surface area contributed by atoms with Crippen molar-refractivity contribution in [3.05, 3.63) is 29.8 Å². The molecule has 0 radical (unpaired) electrons. The van der Waals surface area contributed by atoms with Crippen molar-refractivity contribution in [3.63, 3.8) is 0 Å². The van der Waals surface area contributed by atoms with Crippen LogP contribution in [0.1, 0.15) is 12.5 Å². The Morgan fingerprint density at radius 2 is 1.86 bits per heavy atom. The average molecular weight is 202 g/mol. The Bertz CT molecular complexity index is 351. The van der Waals surface area contributed by atoms with E-state index in [1.165, 1.54) is 25.1 Å². The number of amidine groups is 1. The molecular weight excluding hydrogens is 193 g/mol. The van der Waals surface area contributed by atoms with Gasteiger partial charge in [0.2, 0.25) is 0 Å². The molecule has 2 nitrogen and oxygen atoms in total. The van der Waals surface area contributed by atoms with Crippen LogP contribution in [0.5, 0.6) is 0 Å². The maximum Gasteiger partial charge on any atom is 0.418 e. The Morgan fingerprint density at radius 3 is 2.36 bits per heavy atom. The zero-order valence-corrected chi connectivity index (χ0v) is 7.47. The second-order valence-electron chi connectivity index (χ2n) is 2.77. The van der Waals surface area contributed by atoms with Crippen molar-refractivity contribution < 1.29 is 13.2 Å². The Kier molecular flexibility index (Phi) is 2.78. The lowest BCUT2D eigenvalue weighted by Crippen LogP contribution is -2.08. The minimum Gasteiger partial charge on any atom is -0.387 e. The lowest BCUT2D eigenvalue weighted by Gasteiger charge is -2.09. The van der Waals surface area contributed by atoms with Crippen molar-refractivity contribution in [2.24, 2.45) is 10.7 Å². The van der Waals surface area contributed by atoms with Crippen molar-refractivity contribution in [2.45, 2.75) is 13.1 Å². The largest absolute Gasteiger partial charge is 0.418 e. The Labute approximate surface area is 79.3 Å². The Balaban J connectivity index is 3.24. The van der Waals surface area contributed by atoms with E-state index in [2.05, 4.69) is 4.99 Å². The highest BCUT2D eigenvalue weighted by atomic mass is 19.4. The molecular formula is C9H9F3N2. The molecule has 0 aliphatic carbocycles. The molecule has 1 aromatic carbocycles. The summed E-state index contributed by atoms with van der Waals surface area (Å²) in [5, 5.41) is 0. The van der Waals surface area contributed by atoms with Crippen LogP contribution < -0.4 is 5.73 Å². The molecule has 0 fully saturated rings. The molecule has 0 aliphatic rings. The summed E-state index contributed by atoms with van der Waals surface area (Å²) in [5.41, 5.74) is 4.29. The lowest BCUT2D eigenvalue weighted by molar-refractivity contribution is -0.137. The van der Waals surface area contributed by atoms with Crippen molar-refractivity contribution in [3.8, 4) is 0 Å². The number of nitrogens with two attached hydrogens (primary N) is 1. The van der Waals surface area contributed by atoms with Gasteiger partial charge in [-0.3, -0.25) is 0 Å². The van der Waals surface area contributed by atoms with Crippen LogP contribution in [0.2, 0.25) is 0 Å². The number of halogens is 3. The second-order valence-corrected chi connectivity index (χ2v) is 2.77. The summed E-state index contributed by atoms with van der Waals surface area (Å²) in [5.74, 6) is 0.0988. The summed E-state index contributed by atoms with van der Waals surface area (Å²) >= 11 is 0. The van der Waals surface area contributed by atoms with Gasteiger partial charge in [0, 0.05) is 0 Å². The first-order chi connectivity index (χ1) is 6.41. The number of para-hydroxylation sites is 1. The number of nitrogens with zero attached hydrogens (tertiary/aromatic N) is 1. The highest BCUT2D eigenvalue weighted by Crippen LogP contribution is 2.35. The Morgan fingerprint density at radius 1 is 1.29 bits per heavy atom. The molecule has 0 saturated carbocycles. The van der Waals surface area contributed by atoms with E-state index in [1.54, 1.807) is 0 Å². The third kappa shape index (κ3) is 2.48. The van der Waals surface area contributed by atoms with Gasteiger partial charge in [-0.2, -0.15) is 13.2 Å². The van der Waals surface area contributed by atoms with E-state index in [4.69, 9.17) is 5.73 Å². The quantitative estimate of drug-likeness (QED) is 0.551. The third-order valence-corrected chi connectivity index (χ3v) is 1.51. The van der Waals surface area contributed by atoms with Gasteiger partial charge >= 0.3 is 6.18 Å². The monoisotopic (exact) mass is 202 g/mol. The number of benzene rings is 1. The summed E-state index contributed by atoms with van der Waals surface area (Å²) in [6.07, 6.45) is -4.39. The van der Waals surface area contributed by atoms with E-state index in [-0.39, 0.29) is 11.5 Å². The molecule has 0 bridgehead atoms. The number of rotatable bonds is 1. The molecule has 0 amide bonds. The van der Waals surface area contributed by atoms with Gasteiger partial charge in [-0.05, 0) is 19.1 Å². The fraction of sp³-hybridized carbons (Fsp3) is 0.222. The minimum absolute atomic E-state index is 0.0988. The maximum atomic E-state index is 12.4. The summed E-state index contributed by atoms with van der Waals surface area (Å²) in [4.78, 5) is 3.60. The van der Waals surface area contributed by atoms with E-state index in [9.17, 15) is 13.2 Å². The van der Waals surface area contributed by atoms with Gasteiger partial charge in [-0.15, -0.1) is 0 Å². The summed E-state index contributed by atoms with van der Waals surface area (Å²) in [6, 6.07) is 5.05. The van der Waals surface area contributed by atoms with Gasteiger partial charge in [-0.1, -0.05) is 12.1 Å². The van der Waals surface area contributed by atoms with Crippen LogP contribution in [0.15, 0.2) is 29.3 Å². The molecule has 0 unspecified atom stereocenters. The molecule has 0 aliphatic heterocycles. The topological polar surface area (TPSA) is 38.4 Å². The normalized spacial score (nSPS) is 13.0. The first-order valence-corrected chi connectivity index (χ1v) is 3.88. The van der Waals surface area contributed by atoms with Gasteiger partial charge in [0.1, 0.15) is 0 Å². The number of hydrogen-bond donors (Lipinski definition) is 1. The lowest BCUT2D eigenvalue weighted by atomic mass is 10.2. The molecule has 2 N–H and O–H groups in total. The van der Waals surface area contributed by atoms with Crippen molar-refractivity contribution in [2.75, 3.05) is 0 Å². The molecule has 0 heterocycles. The molecule has 0 atom stereocenters. The van der Waals surface area contributed by atoms with Gasteiger partial charge < -0.3 is 5.73 Å². The first kappa shape index (κ1) is 10.6. The molecule has 0 saturated heterocycles. The molecule has 1 aromatic rings. The zero-order valence-electron chi connectivity index (χ0n) is 7.47. The molecule has 76 valence electrons. The highest BCUT2D eigenvalue weighted by molar-refractivity contribution is 5.81. The summed E-state index contributed by atoms with van der Waals surface area (Å²) < 4.78 is 37.2. The van der Waals surface area contributed by atoms with Crippen LogP contribution in [-0.4, -0.2) is 5.84 Å². The fourth-order valence-corrected chi connectivity index (χ4v) is 1.00. The molecule has 14 heavy (non-hydrogen) atoms. The molecule has 1 rings (SSSR count). The van der Waals surface area contributed by atoms with Crippen LogP contribution in [0.25, 0.3) is 0 Å². The van der Waals surface area contributed by atoms with Gasteiger partial charge in [0.15, 0.2) is 0 Å². The predicted molar refractivity (Wildman–Crippen MR) is 48.4 cm³/mol. The zero-order chi connectivity index (χ0) is 10.8. The minimum atomic E-state index is -4.39. The van der Waals surface area contributed by atoms with Gasteiger partial charge in [0.05, 0.1) is 17.1 Å². The third-order valence-electron chi connectivity index (χ3n) is 1.51. The van der Waals surface area contributed by atoms with Crippen LogP contribution in [-0.2, 0) is 6.18 Å². The van der Waals surface area contributed by atoms with E-state index >= 15 is 0 Å². The average Bonchev–Trinajstić information content (AvgIpc) is 2.01. The number of hydrogen-bond acceptors (Lipinski definition) is 1. The number of alkyl halides is 3. The van der Waals surface area contributed by atoms with E-state index in [0.29, 0.717) is 0 Å². The maximum absolute atomic E-state index is 12.4. The molecule has 5 heteroatoms. The van der Waals surface area contributed by atoms with E-state index in [0.717, 1.165) is 6.07 Å². The van der Waals surface area contributed by atoms with Crippen molar-refractivity contribution in [1.29, 1.82) is 0 Å². The summed E-state index contributed by atoms with van der Waals surface area (Å²) in [6.45, 7) is 1.44. The highest BCUT2D eigenvalue weighted by Gasteiger charge is 2.33. The van der Waals surface area contributed by atoms with Crippen LogP contribution in [0.3, 0.4) is 0 Å². The van der Waals surface area contributed by atoms with Crippen LogP contribution in [0, 0.1) is 0 Å². The summed E-state index contributed by atoms with van der Waals surface area (Å²) in [7, 11) is 0. The van der Waals surface area contributed by atoms with Crippen molar-refractivity contribution in [1.82, 2.24) is 0 Å². The Hall–Kier alpha value is -1.52. The smallest absolute Gasteiger partial charge is 0.387 e. The van der Waals surface area contributed by atoms with Gasteiger partial charge in [0.25, 0.3) is 0 Å². The standard InChI is InChI=1S/C9H9F3N2/c1-6(13)14-8-5-3-2-4-7(8)9(10,11)12/h2-5H,1H3,(H2,13,14). The van der Waals surface area contributed by atoms with Gasteiger partial charge in [-0.25, -0.2) is 4.99 Å². The van der Waals surface area contributed by atoms with Crippen LogP contribution in [0.4, 0.5) is 18.9 Å². The number of aliphatic imine (C=N–C) groups is 1. The SMILES string of the molecule is CC(N)=Nc1ccccc1C(F)(F)F.